The van der Waals surface area contributed by atoms with Crippen LogP contribution in [0.4, 0.5) is 0 Å². The number of aromatic nitrogens is 1. The summed E-state index contributed by atoms with van der Waals surface area (Å²) < 4.78 is 0. The van der Waals surface area contributed by atoms with E-state index < -0.39 is 0 Å². The number of nitrogens with one attached hydrogen (secondary N) is 2. The highest BCUT2D eigenvalue weighted by atomic mass is 31.1. The molecule has 5 heteroatoms. The first-order chi connectivity index (χ1) is 9.33. The first kappa shape index (κ1) is 13.0. The quantitative estimate of drug-likeness (QED) is 0.736. The van der Waals surface area contributed by atoms with E-state index in [1.165, 1.54) is 25.7 Å². The van der Waals surface area contributed by atoms with E-state index in [0.29, 0.717) is 17.8 Å². The second kappa shape index (κ2) is 6.00. The Labute approximate surface area is 115 Å². The summed E-state index contributed by atoms with van der Waals surface area (Å²) in [5.74, 6) is 3.08. The number of rotatable bonds is 4. The third kappa shape index (κ3) is 3.14. The molecule has 2 fully saturated rings. The number of hydrogen-bond donors (Lipinski definition) is 3. The smallest absolute Gasteiger partial charge is 0.141 e. The lowest BCUT2D eigenvalue weighted by molar-refractivity contribution is 0.244. The molecule has 2 unspecified atom stereocenters. The van der Waals surface area contributed by atoms with Gasteiger partial charge >= 0.3 is 0 Å². The first-order valence-electron chi connectivity index (χ1n) is 6.99. The van der Waals surface area contributed by atoms with Crippen molar-refractivity contribution in [2.45, 2.75) is 37.8 Å². The zero-order valence-corrected chi connectivity index (χ0v) is 11.8. The molecule has 4 nitrogen and oxygen atoms in total. The monoisotopic (exact) mass is 277 g/mol. The van der Waals surface area contributed by atoms with Crippen LogP contribution in [0.15, 0.2) is 18.3 Å². The van der Waals surface area contributed by atoms with E-state index in [0.717, 1.165) is 20.8 Å². The van der Waals surface area contributed by atoms with Gasteiger partial charge in [0.25, 0.3) is 0 Å². The van der Waals surface area contributed by atoms with Gasteiger partial charge in [0, 0.05) is 30.6 Å². The molecule has 3 rings (SSSR count). The average molecular weight is 277 g/mol. The van der Waals surface area contributed by atoms with E-state index in [-0.39, 0.29) is 5.75 Å². The van der Waals surface area contributed by atoms with Crippen LogP contribution >= 0.6 is 8.35 Å². The summed E-state index contributed by atoms with van der Waals surface area (Å²) in [4.78, 5) is 4.14. The summed E-state index contributed by atoms with van der Waals surface area (Å²) in [6, 6.07) is 4.65. The van der Waals surface area contributed by atoms with Crippen LogP contribution in [0, 0.1) is 5.92 Å². The van der Waals surface area contributed by atoms with Crippen molar-refractivity contribution in [3.63, 3.8) is 0 Å². The lowest BCUT2D eigenvalue weighted by Gasteiger charge is -2.31. The van der Waals surface area contributed by atoms with Crippen molar-refractivity contribution in [2.24, 2.45) is 5.92 Å². The van der Waals surface area contributed by atoms with Crippen LogP contribution < -0.4 is 10.4 Å². The Morgan fingerprint density at radius 1 is 1.47 bits per heavy atom. The Bertz CT molecular complexity index is 462. The molecule has 0 amide bonds. The molecular formula is C14H20N3OP. The van der Waals surface area contributed by atoms with Gasteiger partial charge in [-0.3, -0.25) is 10.1 Å². The molecule has 0 aromatic carbocycles. The fraction of sp³-hybridized carbons (Fsp3) is 0.571. The molecule has 1 saturated heterocycles. The highest BCUT2D eigenvalue weighted by Crippen LogP contribution is 2.33. The molecule has 19 heavy (non-hydrogen) atoms. The molecule has 3 N–H and O–H groups in total. The van der Waals surface area contributed by atoms with Crippen molar-refractivity contribution < 1.29 is 5.11 Å². The number of pyridine rings is 1. The Balaban J connectivity index is 1.49. The van der Waals surface area contributed by atoms with E-state index in [1.807, 2.05) is 5.80 Å². The van der Waals surface area contributed by atoms with Gasteiger partial charge in [0.15, 0.2) is 0 Å². The number of hydrogen-bond acceptors (Lipinski definition) is 4. The minimum Gasteiger partial charge on any atom is -0.506 e. The van der Waals surface area contributed by atoms with Gasteiger partial charge in [-0.2, -0.15) is 0 Å². The van der Waals surface area contributed by atoms with Gasteiger partial charge in [-0.15, -0.1) is 0 Å². The summed E-state index contributed by atoms with van der Waals surface area (Å²) in [6.45, 7) is 1.05. The molecular weight excluding hydrogens is 257 g/mol. The van der Waals surface area contributed by atoms with Crippen molar-refractivity contribution in [3.05, 3.63) is 24.0 Å². The summed E-state index contributed by atoms with van der Waals surface area (Å²) >= 11 is 0. The van der Waals surface area contributed by atoms with E-state index in [9.17, 15) is 5.11 Å². The standard InChI is InChI=1S/C14H20N3OP/c18-14-5-2-6-15-13(14)9-19-17-11-7-12(16-8-11)10-3-1-4-10/h2,5-6,9-12,16-18H,1,3-4,7-8H2. The molecule has 0 spiro atoms. The third-order valence-corrected chi connectivity index (χ3v) is 5.03. The molecule has 102 valence electrons. The third-order valence-electron chi connectivity index (χ3n) is 4.14. The summed E-state index contributed by atoms with van der Waals surface area (Å²) in [7, 11) is 1.01. The summed E-state index contributed by atoms with van der Waals surface area (Å²) in [6.07, 6.45) is 7.13. The molecule has 1 saturated carbocycles. The highest BCUT2D eigenvalue weighted by Gasteiger charge is 2.32. The van der Waals surface area contributed by atoms with Crippen molar-refractivity contribution in [1.29, 1.82) is 0 Å². The van der Waals surface area contributed by atoms with Crippen molar-refractivity contribution in [1.82, 2.24) is 15.4 Å². The predicted octanol–water partition coefficient (Wildman–Crippen LogP) is 1.92. The Kier molecular flexibility index (Phi) is 4.12. The zero-order chi connectivity index (χ0) is 13.1. The second-order valence-corrected chi connectivity index (χ2v) is 6.21. The van der Waals surface area contributed by atoms with Crippen LogP contribution in [-0.4, -0.2) is 34.5 Å². The summed E-state index contributed by atoms with van der Waals surface area (Å²) in [5, 5.41) is 16.7. The van der Waals surface area contributed by atoms with Crippen LogP contribution in [0.5, 0.6) is 5.75 Å². The average Bonchev–Trinajstić information content (AvgIpc) is 2.78. The fourth-order valence-corrected chi connectivity index (χ4v) is 3.58. The minimum absolute atomic E-state index is 0.244. The first-order valence-corrected chi connectivity index (χ1v) is 7.95. The number of aromatic hydroxyl groups is 1. The van der Waals surface area contributed by atoms with Crippen LogP contribution in [0.3, 0.4) is 0 Å². The predicted molar refractivity (Wildman–Crippen MR) is 78.7 cm³/mol. The Morgan fingerprint density at radius 2 is 2.37 bits per heavy atom. The molecule has 2 atom stereocenters. The maximum Gasteiger partial charge on any atom is 0.141 e. The van der Waals surface area contributed by atoms with E-state index in [2.05, 4.69) is 15.4 Å². The largest absolute Gasteiger partial charge is 0.506 e. The van der Waals surface area contributed by atoms with E-state index in [4.69, 9.17) is 0 Å². The molecule has 0 bridgehead atoms. The maximum atomic E-state index is 9.62. The molecule has 1 aromatic heterocycles. The van der Waals surface area contributed by atoms with Gasteiger partial charge in [-0.1, -0.05) is 6.42 Å². The SMILES string of the molecule is Oc1cccnc1C=PNC1CNC(C2CCC2)C1. The van der Waals surface area contributed by atoms with Crippen molar-refractivity contribution >= 4 is 14.2 Å². The molecule has 0 radical (unpaired) electrons. The fourth-order valence-electron chi connectivity index (χ4n) is 2.78. The van der Waals surface area contributed by atoms with Crippen molar-refractivity contribution in [2.75, 3.05) is 6.54 Å². The zero-order valence-electron chi connectivity index (χ0n) is 10.9. The van der Waals surface area contributed by atoms with Crippen LogP contribution in [-0.2, 0) is 0 Å². The molecule has 1 aliphatic carbocycles. The summed E-state index contributed by atoms with van der Waals surface area (Å²) in [5.41, 5.74) is 0.651. The van der Waals surface area contributed by atoms with Gasteiger partial charge in [-0.05, 0) is 45.7 Å². The Morgan fingerprint density at radius 3 is 3.11 bits per heavy atom. The maximum absolute atomic E-state index is 9.62. The van der Waals surface area contributed by atoms with Gasteiger partial charge < -0.3 is 10.4 Å². The van der Waals surface area contributed by atoms with Crippen LogP contribution in [0.1, 0.15) is 31.4 Å². The van der Waals surface area contributed by atoms with Gasteiger partial charge in [-0.25, -0.2) is 0 Å². The Hall–Kier alpha value is -0.960. The van der Waals surface area contributed by atoms with Gasteiger partial charge in [0.2, 0.25) is 0 Å². The van der Waals surface area contributed by atoms with Crippen molar-refractivity contribution in [3.8, 4) is 5.75 Å². The molecule has 1 aliphatic heterocycles. The highest BCUT2D eigenvalue weighted by molar-refractivity contribution is 7.36. The molecule has 2 aliphatic rings. The molecule has 1 aromatic rings. The molecule has 2 heterocycles. The lowest BCUT2D eigenvalue weighted by Crippen LogP contribution is -2.34. The lowest BCUT2D eigenvalue weighted by atomic mass is 9.79. The van der Waals surface area contributed by atoms with E-state index >= 15 is 0 Å². The van der Waals surface area contributed by atoms with Crippen LogP contribution in [0.2, 0.25) is 0 Å². The minimum atomic E-state index is 0.244. The van der Waals surface area contributed by atoms with E-state index in [1.54, 1.807) is 18.3 Å². The second-order valence-electron chi connectivity index (χ2n) is 5.43. The van der Waals surface area contributed by atoms with Crippen LogP contribution in [0.25, 0.3) is 0 Å². The van der Waals surface area contributed by atoms with Gasteiger partial charge in [0.1, 0.15) is 11.4 Å². The topological polar surface area (TPSA) is 57.2 Å². The number of nitrogens with zero attached hydrogens (tertiary/aromatic N) is 1. The van der Waals surface area contributed by atoms with Gasteiger partial charge in [0.05, 0.1) is 0 Å². The normalized spacial score (nSPS) is 27.8.